The van der Waals surface area contributed by atoms with Crippen molar-refractivity contribution in [2.75, 3.05) is 46.0 Å². The highest BCUT2D eigenvalue weighted by Gasteiger charge is 2.51. The zero-order chi connectivity index (χ0) is 21.7. The van der Waals surface area contributed by atoms with Gasteiger partial charge in [0.15, 0.2) is 5.54 Å². The Labute approximate surface area is 181 Å². The monoisotopic (exact) mass is 424 g/mol. The maximum Gasteiger partial charge on any atom is 0.255 e. The number of carbonyl (C=O) groups excluding carboxylic acids is 2. The molecule has 2 fully saturated rings. The number of aromatic nitrogens is 1. The van der Waals surface area contributed by atoms with Crippen molar-refractivity contribution in [3.63, 3.8) is 0 Å². The number of nitrogens with zero attached hydrogens (tertiary/aromatic N) is 3. The number of benzene rings is 1. The van der Waals surface area contributed by atoms with Crippen LogP contribution in [-0.2, 0) is 15.1 Å². The average molecular weight is 425 g/mol. The van der Waals surface area contributed by atoms with Gasteiger partial charge < -0.3 is 20.1 Å². The van der Waals surface area contributed by atoms with Crippen molar-refractivity contribution in [3.05, 3.63) is 59.9 Å². The lowest BCUT2D eigenvalue weighted by Gasteiger charge is -2.35. The summed E-state index contributed by atoms with van der Waals surface area (Å²) in [6.45, 7) is 5.08. The van der Waals surface area contributed by atoms with Gasteiger partial charge in [0.05, 0.1) is 18.9 Å². The number of likely N-dealkylation sites (tertiary alicyclic amines) is 1. The van der Waals surface area contributed by atoms with E-state index < -0.39 is 11.4 Å². The first-order valence-electron chi connectivity index (χ1n) is 10.7. The van der Waals surface area contributed by atoms with Crippen LogP contribution in [0.25, 0.3) is 0 Å². The largest absolute Gasteiger partial charge is 0.492 e. The molecule has 2 amide bonds. The predicted molar refractivity (Wildman–Crippen MR) is 115 cm³/mol. The summed E-state index contributed by atoms with van der Waals surface area (Å²) in [7, 11) is 0. The van der Waals surface area contributed by atoms with E-state index in [4.69, 9.17) is 15.2 Å². The molecule has 0 bridgehead atoms. The van der Waals surface area contributed by atoms with Crippen LogP contribution in [0.4, 0.5) is 0 Å². The molecular formula is C23H28N4O4. The Hall–Kier alpha value is -2.97. The van der Waals surface area contributed by atoms with Crippen LogP contribution in [0.5, 0.6) is 5.75 Å². The number of morpholine rings is 1. The van der Waals surface area contributed by atoms with E-state index in [1.54, 1.807) is 47.5 Å². The van der Waals surface area contributed by atoms with Crippen LogP contribution in [-0.4, -0.2) is 72.6 Å². The first-order chi connectivity index (χ1) is 15.1. The molecule has 0 spiro atoms. The first-order valence-corrected chi connectivity index (χ1v) is 10.7. The summed E-state index contributed by atoms with van der Waals surface area (Å²) in [6.07, 6.45) is 2.76. The number of primary amides is 1. The molecule has 3 heterocycles. The van der Waals surface area contributed by atoms with Crippen molar-refractivity contribution in [3.8, 4) is 5.75 Å². The van der Waals surface area contributed by atoms with E-state index in [1.165, 1.54) is 0 Å². The van der Waals surface area contributed by atoms with Crippen LogP contribution in [0.2, 0.25) is 0 Å². The van der Waals surface area contributed by atoms with Gasteiger partial charge in [-0.25, -0.2) is 0 Å². The maximum atomic E-state index is 13.4. The quantitative estimate of drug-likeness (QED) is 0.722. The Morgan fingerprint density at radius 1 is 1.13 bits per heavy atom. The minimum Gasteiger partial charge on any atom is -0.492 e. The Balaban J connectivity index is 1.49. The van der Waals surface area contributed by atoms with Gasteiger partial charge >= 0.3 is 0 Å². The Bertz CT molecular complexity index is 917. The van der Waals surface area contributed by atoms with Gasteiger partial charge in [-0.15, -0.1) is 0 Å². The zero-order valence-electron chi connectivity index (χ0n) is 17.5. The summed E-state index contributed by atoms with van der Waals surface area (Å²) in [5.74, 6) is -0.184. The second kappa shape index (κ2) is 9.45. The van der Waals surface area contributed by atoms with Crippen molar-refractivity contribution in [1.82, 2.24) is 14.8 Å². The molecule has 2 aliphatic heterocycles. The van der Waals surface area contributed by atoms with Gasteiger partial charge in [-0.3, -0.25) is 19.5 Å². The van der Waals surface area contributed by atoms with E-state index in [-0.39, 0.29) is 5.91 Å². The first kappa shape index (κ1) is 21.3. The maximum absolute atomic E-state index is 13.4. The van der Waals surface area contributed by atoms with E-state index in [0.717, 1.165) is 32.8 Å². The summed E-state index contributed by atoms with van der Waals surface area (Å²) in [6, 6.07) is 12.4. The fraction of sp³-hybridized carbons (Fsp3) is 0.435. The number of ether oxygens (including phenoxy) is 2. The molecule has 31 heavy (non-hydrogen) atoms. The molecule has 2 aromatic rings. The van der Waals surface area contributed by atoms with E-state index in [1.807, 2.05) is 6.07 Å². The number of pyridine rings is 1. The summed E-state index contributed by atoms with van der Waals surface area (Å²) in [4.78, 5) is 34.2. The summed E-state index contributed by atoms with van der Waals surface area (Å²) in [5, 5.41) is 0. The van der Waals surface area contributed by atoms with Gasteiger partial charge in [0.25, 0.3) is 5.91 Å². The van der Waals surface area contributed by atoms with Crippen molar-refractivity contribution in [1.29, 1.82) is 0 Å². The predicted octanol–water partition coefficient (Wildman–Crippen LogP) is 1.41. The van der Waals surface area contributed by atoms with Gasteiger partial charge in [-0.05, 0) is 43.2 Å². The standard InChI is InChI=1S/C23H28N4O4/c24-22(29)23(20-7-1-2-9-25-20)8-4-10-27(23)21(28)18-5-3-6-19(17-18)31-16-13-26-11-14-30-15-12-26/h1-3,5-7,9,17H,4,8,10-16H2,(H2,24,29)/t23-/m1/s1. The highest BCUT2D eigenvalue weighted by Crippen LogP contribution is 2.39. The Morgan fingerprint density at radius 3 is 2.71 bits per heavy atom. The molecule has 0 saturated carbocycles. The van der Waals surface area contributed by atoms with Crippen LogP contribution in [0.15, 0.2) is 48.7 Å². The molecule has 8 heteroatoms. The molecule has 2 aliphatic rings. The molecule has 1 aromatic carbocycles. The van der Waals surface area contributed by atoms with Crippen molar-refractivity contribution >= 4 is 11.8 Å². The minimum absolute atomic E-state index is 0.249. The second-order valence-electron chi connectivity index (χ2n) is 7.83. The summed E-state index contributed by atoms with van der Waals surface area (Å²) < 4.78 is 11.2. The Morgan fingerprint density at radius 2 is 1.97 bits per heavy atom. The summed E-state index contributed by atoms with van der Waals surface area (Å²) in [5.41, 5.74) is 5.57. The molecule has 2 N–H and O–H groups in total. The molecule has 2 saturated heterocycles. The van der Waals surface area contributed by atoms with Crippen LogP contribution in [0, 0.1) is 0 Å². The third-order valence-electron chi connectivity index (χ3n) is 5.98. The molecule has 0 unspecified atom stereocenters. The fourth-order valence-electron chi connectivity index (χ4n) is 4.34. The lowest BCUT2D eigenvalue weighted by molar-refractivity contribution is -0.128. The molecule has 0 aliphatic carbocycles. The normalized spacial score (nSPS) is 21.7. The molecule has 164 valence electrons. The highest BCUT2D eigenvalue weighted by atomic mass is 16.5. The fourth-order valence-corrected chi connectivity index (χ4v) is 4.34. The van der Waals surface area contributed by atoms with Gasteiger partial charge in [-0.2, -0.15) is 0 Å². The lowest BCUT2D eigenvalue weighted by Crippen LogP contribution is -2.54. The third-order valence-corrected chi connectivity index (χ3v) is 5.98. The molecule has 4 rings (SSSR count). The molecule has 8 nitrogen and oxygen atoms in total. The van der Waals surface area contributed by atoms with Crippen molar-refractivity contribution in [2.45, 2.75) is 18.4 Å². The van der Waals surface area contributed by atoms with Crippen LogP contribution in [0.1, 0.15) is 28.9 Å². The number of rotatable bonds is 7. The topological polar surface area (TPSA) is 98.0 Å². The van der Waals surface area contributed by atoms with Gasteiger partial charge in [0.1, 0.15) is 12.4 Å². The van der Waals surface area contributed by atoms with Crippen LogP contribution < -0.4 is 10.5 Å². The molecule has 1 atom stereocenters. The average Bonchev–Trinajstić information content (AvgIpc) is 3.26. The number of hydrogen-bond acceptors (Lipinski definition) is 6. The number of carbonyl (C=O) groups is 2. The van der Waals surface area contributed by atoms with Crippen molar-refractivity contribution < 1.29 is 19.1 Å². The number of amides is 2. The Kier molecular flexibility index (Phi) is 6.48. The van der Waals surface area contributed by atoms with Crippen molar-refractivity contribution in [2.24, 2.45) is 5.73 Å². The van der Waals surface area contributed by atoms with Gasteiger partial charge in [0, 0.05) is 37.9 Å². The minimum atomic E-state index is -1.23. The number of nitrogens with two attached hydrogens (primary N) is 1. The molecular weight excluding hydrogens is 396 g/mol. The van der Waals surface area contributed by atoms with E-state index in [0.29, 0.717) is 43.0 Å². The zero-order valence-corrected chi connectivity index (χ0v) is 17.5. The van der Waals surface area contributed by atoms with Gasteiger partial charge in [-0.1, -0.05) is 12.1 Å². The van der Waals surface area contributed by atoms with Crippen LogP contribution >= 0.6 is 0 Å². The smallest absolute Gasteiger partial charge is 0.255 e. The van der Waals surface area contributed by atoms with Gasteiger partial charge in [0.2, 0.25) is 5.91 Å². The molecule has 0 radical (unpaired) electrons. The summed E-state index contributed by atoms with van der Waals surface area (Å²) >= 11 is 0. The molecule has 1 aromatic heterocycles. The second-order valence-corrected chi connectivity index (χ2v) is 7.83. The number of hydrogen-bond donors (Lipinski definition) is 1. The SMILES string of the molecule is NC(=O)[C@]1(c2ccccn2)CCCN1C(=O)c1cccc(OCCN2CCOCC2)c1. The lowest BCUT2D eigenvalue weighted by atomic mass is 9.90. The van der Waals surface area contributed by atoms with E-state index >= 15 is 0 Å². The third kappa shape index (κ3) is 4.40. The van der Waals surface area contributed by atoms with E-state index in [2.05, 4.69) is 9.88 Å². The van der Waals surface area contributed by atoms with Crippen LogP contribution in [0.3, 0.4) is 0 Å². The highest BCUT2D eigenvalue weighted by molar-refractivity contribution is 5.99. The van der Waals surface area contributed by atoms with E-state index in [9.17, 15) is 9.59 Å².